The fraction of sp³-hybridized carbons (Fsp3) is 0.308. The number of halogens is 3. The van der Waals surface area contributed by atoms with Gasteiger partial charge in [-0.25, -0.2) is 4.79 Å². The number of aryl methyl sites for hydroxylation is 6. The number of hydrogen-bond donors (Lipinski definition) is 1. The summed E-state index contributed by atoms with van der Waals surface area (Å²) in [7, 11) is 3.78. The van der Waals surface area contributed by atoms with Gasteiger partial charge in [-0.15, -0.1) is 0 Å². The number of hydrogen-bond acceptors (Lipinski definition) is 4. The molecule has 0 saturated heterocycles. The Hall–Kier alpha value is -4.44. The van der Waals surface area contributed by atoms with Crippen LogP contribution in [0.2, 0.25) is 15.1 Å². The number of ether oxygens (including phenoxy) is 1. The quantitative estimate of drug-likeness (QED) is 0.157. The van der Waals surface area contributed by atoms with Crippen molar-refractivity contribution in [2.24, 2.45) is 14.1 Å². The highest BCUT2D eigenvalue weighted by molar-refractivity contribution is 6.36. The molecule has 51 heavy (non-hydrogen) atoms. The Bertz CT molecular complexity index is 2420. The minimum absolute atomic E-state index is 0.0171. The molecule has 0 saturated carbocycles. The first-order valence-corrected chi connectivity index (χ1v) is 17.9. The van der Waals surface area contributed by atoms with Crippen LogP contribution in [0.15, 0.2) is 42.6 Å². The minimum atomic E-state index is -1.13. The van der Waals surface area contributed by atoms with Gasteiger partial charge in [0.25, 0.3) is 5.91 Å². The lowest BCUT2D eigenvalue weighted by molar-refractivity contribution is 0.0697. The summed E-state index contributed by atoms with van der Waals surface area (Å²) >= 11 is 19.8. The molecule has 0 spiro atoms. The van der Waals surface area contributed by atoms with Crippen molar-refractivity contribution < 1.29 is 19.4 Å². The SMILES string of the molecule is Cc1cc(OCCCc2c3n(c4c(-c5c(C)nn(C)c5C)c(Cl)ccc24)C(C)CN(c2cn(C)c4cc(Cl)c(C(=O)O)cc24)C3=O)cc(C)c1Cl. The molecule has 4 heterocycles. The molecule has 0 fully saturated rings. The van der Waals surface area contributed by atoms with E-state index in [2.05, 4.69) is 11.5 Å². The molecule has 1 unspecified atom stereocenters. The fourth-order valence-electron chi connectivity index (χ4n) is 7.70. The molecular weight excluding hydrogens is 709 g/mol. The van der Waals surface area contributed by atoms with E-state index in [1.807, 2.05) is 81.5 Å². The largest absolute Gasteiger partial charge is 0.494 e. The van der Waals surface area contributed by atoms with E-state index in [1.54, 1.807) is 17.0 Å². The van der Waals surface area contributed by atoms with Gasteiger partial charge in [-0.05, 0) is 94.5 Å². The van der Waals surface area contributed by atoms with Crippen LogP contribution in [0.25, 0.3) is 32.9 Å². The number of fused-ring (bicyclic) bond motifs is 4. The Morgan fingerprint density at radius 3 is 2.33 bits per heavy atom. The lowest BCUT2D eigenvalue weighted by Crippen LogP contribution is -2.42. The van der Waals surface area contributed by atoms with E-state index >= 15 is 0 Å². The third-order valence-corrected chi connectivity index (χ3v) is 11.4. The van der Waals surface area contributed by atoms with E-state index in [1.165, 1.54) is 0 Å². The summed E-state index contributed by atoms with van der Waals surface area (Å²) < 4.78 is 12.1. The number of carbonyl (C=O) groups excluding carboxylic acids is 1. The highest BCUT2D eigenvalue weighted by Crippen LogP contribution is 2.46. The first-order valence-electron chi connectivity index (χ1n) is 16.8. The molecule has 7 rings (SSSR count). The van der Waals surface area contributed by atoms with Crippen molar-refractivity contribution in [1.82, 2.24) is 18.9 Å². The Morgan fingerprint density at radius 1 is 0.980 bits per heavy atom. The lowest BCUT2D eigenvalue weighted by atomic mass is 9.98. The molecule has 1 aliphatic rings. The minimum Gasteiger partial charge on any atom is -0.494 e. The molecule has 264 valence electrons. The molecule has 0 bridgehead atoms. The Morgan fingerprint density at radius 2 is 1.69 bits per heavy atom. The fourth-order valence-corrected chi connectivity index (χ4v) is 8.29. The molecule has 0 radical (unpaired) electrons. The summed E-state index contributed by atoms with van der Waals surface area (Å²) in [4.78, 5) is 28.8. The Balaban J connectivity index is 1.38. The number of carboxylic acid groups (broad SMARTS) is 1. The van der Waals surface area contributed by atoms with Gasteiger partial charge < -0.3 is 23.9 Å². The lowest BCUT2D eigenvalue weighted by Gasteiger charge is -2.34. The van der Waals surface area contributed by atoms with E-state index in [9.17, 15) is 14.7 Å². The number of carboxylic acids is 1. The van der Waals surface area contributed by atoms with Gasteiger partial charge in [0.2, 0.25) is 0 Å². The van der Waals surface area contributed by atoms with E-state index in [-0.39, 0.29) is 22.5 Å². The molecule has 1 atom stereocenters. The third-order valence-electron chi connectivity index (χ3n) is 10.1. The summed E-state index contributed by atoms with van der Waals surface area (Å²) in [6.07, 6.45) is 3.08. The molecule has 1 aliphatic heterocycles. The van der Waals surface area contributed by atoms with Crippen LogP contribution in [0, 0.1) is 27.7 Å². The van der Waals surface area contributed by atoms with E-state index in [0.717, 1.165) is 66.4 Å². The second-order valence-electron chi connectivity index (χ2n) is 13.6. The van der Waals surface area contributed by atoms with Crippen molar-refractivity contribution in [3.05, 3.63) is 97.0 Å². The summed E-state index contributed by atoms with van der Waals surface area (Å²) in [6.45, 7) is 10.8. The van der Waals surface area contributed by atoms with Gasteiger partial charge in [0.1, 0.15) is 11.4 Å². The zero-order valence-electron chi connectivity index (χ0n) is 29.5. The smallest absolute Gasteiger partial charge is 0.337 e. The van der Waals surface area contributed by atoms with Gasteiger partial charge in [0.05, 0.1) is 44.6 Å². The molecule has 3 aromatic heterocycles. The molecule has 6 aromatic rings. The maximum atomic E-state index is 15.0. The Kier molecular flexibility index (Phi) is 8.89. The first-order chi connectivity index (χ1) is 24.2. The van der Waals surface area contributed by atoms with Crippen LogP contribution in [-0.2, 0) is 20.5 Å². The van der Waals surface area contributed by atoms with Crippen molar-refractivity contribution in [1.29, 1.82) is 0 Å². The summed E-state index contributed by atoms with van der Waals surface area (Å²) in [5, 5.41) is 17.6. The monoisotopic (exact) mass is 745 g/mol. The molecule has 1 amide bonds. The standard InChI is InChI=1S/C39H38Cl3N5O4/c1-19-13-24(14-20(2)35(19)42)51-12-8-9-25-26-10-11-29(40)34(33-22(4)43-45(7)23(33)5)36(26)47-21(3)17-46(38(48)37(25)47)32-18-44(6)31-16-30(41)27(39(49)50)15-28(31)32/h10-11,13-16,18,21H,8-9,12,17H2,1-7H3,(H,49,50). The van der Waals surface area contributed by atoms with E-state index < -0.39 is 5.97 Å². The van der Waals surface area contributed by atoms with Gasteiger partial charge in [0, 0.05) is 65.5 Å². The third kappa shape index (κ3) is 5.66. The molecule has 12 heteroatoms. The number of benzene rings is 3. The average Bonchev–Trinajstić information content (AvgIpc) is 3.67. The second kappa shape index (κ2) is 13.0. The van der Waals surface area contributed by atoms with Crippen LogP contribution >= 0.6 is 34.8 Å². The molecule has 1 N–H and O–H groups in total. The van der Waals surface area contributed by atoms with Crippen LogP contribution in [0.4, 0.5) is 5.69 Å². The number of anilines is 1. The predicted molar refractivity (Wildman–Crippen MR) is 205 cm³/mol. The van der Waals surface area contributed by atoms with Crippen molar-refractivity contribution in [2.45, 2.75) is 53.5 Å². The number of amides is 1. The predicted octanol–water partition coefficient (Wildman–Crippen LogP) is 9.66. The maximum Gasteiger partial charge on any atom is 0.337 e. The highest BCUT2D eigenvalue weighted by Gasteiger charge is 2.38. The number of aromatic carboxylic acids is 1. The van der Waals surface area contributed by atoms with Crippen LogP contribution in [0.3, 0.4) is 0 Å². The molecule has 3 aromatic carbocycles. The summed E-state index contributed by atoms with van der Waals surface area (Å²) in [5.74, 6) is -0.554. The topological polar surface area (TPSA) is 94.5 Å². The average molecular weight is 747 g/mol. The van der Waals surface area contributed by atoms with Crippen LogP contribution in [-0.4, -0.2) is 49.0 Å². The number of nitrogens with zero attached hydrogens (tertiary/aromatic N) is 5. The summed E-state index contributed by atoms with van der Waals surface area (Å²) in [5.41, 5.74) is 9.26. The van der Waals surface area contributed by atoms with Crippen LogP contribution in [0.1, 0.15) is 68.3 Å². The van der Waals surface area contributed by atoms with Gasteiger partial charge >= 0.3 is 5.97 Å². The normalized spacial score (nSPS) is 14.6. The van der Waals surface area contributed by atoms with Crippen molar-refractivity contribution in [2.75, 3.05) is 18.1 Å². The molecule has 0 aliphatic carbocycles. The number of carbonyl (C=O) groups is 2. The maximum absolute atomic E-state index is 15.0. The van der Waals surface area contributed by atoms with Gasteiger partial charge in [-0.2, -0.15) is 5.10 Å². The zero-order chi connectivity index (χ0) is 36.6. The first kappa shape index (κ1) is 35.0. The number of aromatic nitrogens is 4. The van der Waals surface area contributed by atoms with Crippen molar-refractivity contribution in [3.8, 4) is 16.9 Å². The van der Waals surface area contributed by atoms with E-state index in [4.69, 9.17) is 44.6 Å². The summed E-state index contributed by atoms with van der Waals surface area (Å²) in [6, 6.07) is 10.8. The van der Waals surface area contributed by atoms with Gasteiger partial charge in [-0.1, -0.05) is 40.9 Å². The van der Waals surface area contributed by atoms with Gasteiger partial charge in [0.15, 0.2) is 0 Å². The second-order valence-corrected chi connectivity index (χ2v) is 14.7. The van der Waals surface area contributed by atoms with Crippen LogP contribution in [0.5, 0.6) is 5.75 Å². The van der Waals surface area contributed by atoms with E-state index in [0.29, 0.717) is 47.8 Å². The Labute approximate surface area is 310 Å². The van der Waals surface area contributed by atoms with Crippen LogP contribution < -0.4 is 9.64 Å². The molecule has 9 nitrogen and oxygen atoms in total. The van der Waals surface area contributed by atoms with Crippen molar-refractivity contribution >= 4 is 74.2 Å². The number of rotatable bonds is 8. The zero-order valence-corrected chi connectivity index (χ0v) is 31.8. The van der Waals surface area contributed by atoms with Crippen molar-refractivity contribution in [3.63, 3.8) is 0 Å². The van der Waals surface area contributed by atoms with Gasteiger partial charge in [-0.3, -0.25) is 9.48 Å². The molecular formula is C39H38Cl3N5O4. The highest BCUT2D eigenvalue weighted by atomic mass is 35.5.